The average molecular weight is 441 g/mol. The lowest BCUT2D eigenvalue weighted by Gasteiger charge is -2.26. The van der Waals surface area contributed by atoms with E-state index in [4.69, 9.17) is 23.2 Å². The maximum absolute atomic E-state index is 13.1. The van der Waals surface area contributed by atoms with Crippen LogP contribution in [0.2, 0.25) is 10.0 Å². The highest BCUT2D eigenvalue weighted by atomic mass is 79.9. The minimum Gasteiger partial charge on any atom is -0.588 e. The van der Waals surface area contributed by atoms with Gasteiger partial charge in [0, 0.05) is 11.5 Å². The summed E-state index contributed by atoms with van der Waals surface area (Å²) in [4.78, 5) is 0.313. The fourth-order valence-corrected chi connectivity index (χ4v) is 5.25. The number of aromatic nitrogens is 2. The van der Waals surface area contributed by atoms with E-state index in [0.29, 0.717) is 25.1 Å². The van der Waals surface area contributed by atoms with Gasteiger partial charge in [-0.1, -0.05) is 39.1 Å². The maximum Gasteiger partial charge on any atom is 0.217 e. The number of aliphatic hydroxyl groups is 1. The third-order valence-corrected chi connectivity index (χ3v) is 6.19. The van der Waals surface area contributed by atoms with Crippen molar-refractivity contribution in [3.05, 3.63) is 38.0 Å². The lowest BCUT2D eigenvalue weighted by molar-refractivity contribution is 0.306. The van der Waals surface area contributed by atoms with E-state index in [9.17, 15) is 9.66 Å². The second-order valence-corrected chi connectivity index (χ2v) is 7.99. The summed E-state index contributed by atoms with van der Waals surface area (Å²) < 4.78 is 17.1. The van der Waals surface area contributed by atoms with Gasteiger partial charge < -0.3 is 9.66 Å². The van der Waals surface area contributed by atoms with Crippen LogP contribution in [0.1, 0.15) is 11.4 Å². The number of aryl methyl sites for hydroxylation is 2. The largest absolute Gasteiger partial charge is 0.588 e. The van der Waals surface area contributed by atoms with Gasteiger partial charge >= 0.3 is 0 Å². The second kappa shape index (κ2) is 7.63. The van der Waals surface area contributed by atoms with E-state index in [1.165, 1.54) is 0 Å². The number of nitrogens with zero attached hydrogens (tertiary/aromatic N) is 3. The number of benzene rings is 1. The zero-order valence-electron chi connectivity index (χ0n) is 12.8. The fourth-order valence-electron chi connectivity index (χ4n) is 2.30. The summed E-state index contributed by atoms with van der Waals surface area (Å²) in [5.41, 5.74) is 2.26. The predicted octanol–water partition coefficient (Wildman–Crippen LogP) is 3.63. The van der Waals surface area contributed by atoms with Gasteiger partial charge in [0.05, 0.1) is 24.5 Å². The minimum absolute atomic E-state index is 0.161. The minimum atomic E-state index is -1.68. The highest BCUT2D eigenvalue weighted by molar-refractivity contribution is 9.10. The smallest absolute Gasteiger partial charge is 0.217 e. The van der Waals surface area contributed by atoms with E-state index in [1.54, 1.807) is 21.1 Å². The lowest BCUT2D eigenvalue weighted by atomic mass is 10.3. The van der Waals surface area contributed by atoms with Crippen LogP contribution in [0.5, 0.6) is 0 Å². The van der Waals surface area contributed by atoms with E-state index in [1.807, 2.05) is 20.9 Å². The number of anilines is 1. The molecule has 0 aliphatic heterocycles. The van der Waals surface area contributed by atoms with Crippen molar-refractivity contribution in [3.63, 3.8) is 0 Å². The first kappa shape index (κ1) is 18.9. The molecule has 2 rings (SSSR count). The van der Waals surface area contributed by atoms with Crippen LogP contribution in [0.4, 0.5) is 5.69 Å². The molecule has 2 aromatic rings. The van der Waals surface area contributed by atoms with Crippen molar-refractivity contribution in [1.29, 1.82) is 0 Å². The first-order valence-electron chi connectivity index (χ1n) is 6.73. The monoisotopic (exact) mass is 439 g/mol. The van der Waals surface area contributed by atoms with Gasteiger partial charge in [0.1, 0.15) is 27.1 Å². The van der Waals surface area contributed by atoms with Crippen LogP contribution in [0.25, 0.3) is 0 Å². The van der Waals surface area contributed by atoms with Gasteiger partial charge in [0.15, 0.2) is 0 Å². The molecule has 1 aromatic heterocycles. The van der Waals surface area contributed by atoms with Gasteiger partial charge in [-0.2, -0.15) is 9.40 Å². The molecule has 0 aliphatic carbocycles. The lowest BCUT2D eigenvalue weighted by Crippen LogP contribution is -2.34. The van der Waals surface area contributed by atoms with Gasteiger partial charge in [-0.15, -0.1) is 0 Å². The summed E-state index contributed by atoms with van der Waals surface area (Å²) in [6.07, 6.45) is 0. The van der Waals surface area contributed by atoms with Crippen LogP contribution in [0, 0.1) is 13.8 Å². The molecule has 0 saturated heterocycles. The Labute approximate surface area is 156 Å². The molecule has 126 valence electrons. The third kappa shape index (κ3) is 3.81. The normalized spacial score (nSPS) is 12.5. The Morgan fingerprint density at radius 3 is 2.35 bits per heavy atom. The molecule has 1 unspecified atom stereocenters. The molecular formula is C14H16BrCl2N3O2S. The Kier molecular flexibility index (Phi) is 6.27. The fraction of sp³-hybridized carbons (Fsp3) is 0.357. The van der Waals surface area contributed by atoms with Crippen molar-refractivity contribution in [2.24, 2.45) is 7.05 Å². The average Bonchev–Trinajstić information content (AvgIpc) is 2.68. The number of halogens is 3. The molecule has 0 aliphatic rings. The van der Waals surface area contributed by atoms with E-state index >= 15 is 0 Å². The molecule has 1 N–H and O–H groups in total. The SMILES string of the molecule is Cc1nn(C)c(C)c1N(CCO)[S+]([O-])c1c(Cl)cc(Br)cc1Cl. The molecule has 1 atom stereocenters. The molecule has 0 bridgehead atoms. The Balaban J connectivity index is 2.54. The van der Waals surface area contributed by atoms with Gasteiger partial charge in [0.2, 0.25) is 4.90 Å². The maximum atomic E-state index is 13.1. The first-order valence-corrected chi connectivity index (χ1v) is 9.38. The molecule has 23 heavy (non-hydrogen) atoms. The van der Waals surface area contributed by atoms with Crippen molar-refractivity contribution in [1.82, 2.24) is 9.78 Å². The van der Waals surface area contributed by atoms with Crippen molar-refractivity contribution >= 4 is 56.2 Å². The van der Waals surface area contributed by atoms with Crippen LogP contribution >= 0.6 is 39.1 Å². The summed E-state index contributed by atoms with van der Waals surface area (Å²) >= 11 is 14.1. The predicted molar refractivity (Wildman–Crippen MR) is 97.7 cm³/mol. The topological polar surface area (TPSA) is 64.4 Å². The number of aliphatic hydroxyl groups excluding tert-OH is 1. The Hall–Kier alpha value is -0.440. The molecule has 9 heteroatoms. The van der Waals surface area contributed by atoms with Crippen molar-refractivity contribution in [3.8, 4) is 0 Å². The Morgan fingerprint density at radius 1 is 1.35 bits per heavy atom. The molecule has 5 nitrogen and oxygen atoms in total. The van der Waals surface area contributed by atoms with E-state index in [2.05, 4.69) is 21.0 Å². The molecule has 0 saturated carbocycles. The molecule has 0 amide bonds. The van der Waals surface area contributed by atoms with Crippen LogP contribution in [-0.4, -0.2) is 32.6 Å². The zero-order valence-corrected chi connectivity index (χ0v) is 16.7. The van der Waals surface area contributed by atoms with Crippen LogP contribution in [0.3, 0.4) is 0 Å². The molecule has 0 radical (unpaired) electrons. The number of hydrogen-bond acceptors (Lipinski definition) is 4. The van der Waals surface area contributed by atoms with Crippen LogP contribution in [-0.2, 0) is 18.4 Å². The summed E-state index contributed by atoms with van der Waals surface area (Å²) in [7, 11) is 1.81. The van der Waals surface area contributed by atoms with Crippen molar-refractivity contribution in [2.45, 2.75) is 18.7 Å². The number of hydrogen-bond donors (Lipinski definition) is 1. The van der Waals surface area contributed by atoms with E-state index < -0.39 is 11.4 Å². The van der Waals surface area contributed by atoms with Gasteiger partial charge in [-0.3, -0.25) is 4.68 Å². The second-order valence-electron chi connectivity index (χ2n) is 4.92. The summed E-state index contributed by atoms with van der Waals surface area (Å²) in [5, 5.41) is 14.3. The van der Waals surface area contributed by atoms with Crippen molar-refractivity contribution in [2.75, 3.05) is 17.5 Å². The van der Waals surface area contributed by atoms with Crippen LogP contribution in [0.15, 0.2) is 21.5 Å². The van der Waals surface area contributed by atoms with Crippen molar-refractivity contribution < 1.29 is 9.66 Å². The Bertz CT molecular complexity index is 703. The quantitative estimate of drug-likeness (QED) is 0.721. The van der Waals surface area contributed by atoms with Gasteiger partial charge in [-0.05, 0) is 26.0 Å². The third-order valence-electron chi connectivity index (χ3n) is 3.36. The zero-order chi connectivity index (χ0) is 17.3. The molecule has 1 aromatic carbocycles. The molecule has 1 heterocycles. The van der Waals surface area contributed by atoms with Gasteiger partial charge in [-0.25, -0.2) is 0 Å². The standard InChI is InChI=1S/C14H16BrCl2N3O2S/c1-8-13(9(2)19(3)18-8)20(4-5-21)23(22)14-11(16)6-10(15)7-12(14)17/h6-7,21H,4-5H2,1-3H3. The molecular weight excluding hydrogens is 425 g/mol. The summed E-state index contributed by atoms with van der Waals surface area (Å²) in [5.74, 6) is 0. The molecule has 0 fully saturated rings. The van der Waals surface area contributed by atoms with Gasteiger partial charge in [0.25, 0.3) is 0 Å². The number of rotatable bonds is 5. The first-order chi connectivity index (χ1) is 10.8. The summed E-state index contributed by atoms with van der Waals surface area (Å²) in [6.45, 7) is 3.71. The highest BCUT2D eigenvalue weighted by Gasteiger charge is 2.32. The van der Waals surface area contributed by atoms with E-state index in [-0.39, 0.29) is 13.2 Å². The highest BCUT2D eigenvalue weighted by Crippen LogP contribution is 2.37. The molecule has 0 spiro atoms. The van der Waals surface area contributed by atoms with Crippen LogP contribution < -0.4 is 4.31 Å². The summed E-state index contributed by atoms with van der Waals surface area (Å²) in [6, 6.07) is 3.28. The Morgan fingerprint density at radius 2 is 1.91 bits per heavy atom. The van der Waals surface area contributed by atoms with E-state index in [0.717, 1.165) is 11.4 Å².